The number of hydrogen-bond acceptors (Lipinski definition) is 4. The summed E-state index contributed by atoms with van der Waals surface area (Å²) < 4.78 is 5.05. The zero-order chi connectivity index (χ0) is 11.7. The van der Waals surface area contributed by atoms with E-state index in [9.17, 15) is 9.59 Å². The molecule has 4 nitrogen and oxygen atoms in total. The number of aliphatic imine (C=N–C) groups is 1. The molecule has 0 aliphatic carbocycles. The Morgan fingerprint density at radius 1 is 1.40 bits per heavy atom. The van der Waals surface area contributed by atoms with Crippen LogP contribution in [0.25, 0.3) is 0 Å². The number of rotatable bonds is 7. The standard InChI is InChI=1S/C10H19NO3Si/c1-15(2,3)8-7-14-10(13)5-4-6-11-9-12/h4-8H2,1-3H3. The van der Waals surface area contributed by atoms with Crippen LogP contribution in [0.15, 0.2) is 4.99 Å². The normalized spacial score (nSPS) is 10.6. The van der Waals surface area contributed by atoms with Crippen LogP contribution in [0.2, 0.25) is 25.7 Å². The predicted molar refractivity (Wildman–Crippen MR) is 61.3 cm³/mol. The van der Waals surface area contributed by atoms with Crippen LogP contribution in [-0.4, -0.2) is 33.3 Å². The number of carbonyl (C=O) groups excluding carboxylic acids is 2. The maximum Gasteiger partial charge on any atom is 0.305 e. The van der Waals surface area contributed by atoms with E-state index >= 15 is 0 Å². The first-order valence-electron chi connectivity index (χ1n) is 5.15. The van der Waals surface area contributed by atoms with E-state index < -0.39 is 8.07 Å². The number of hydrogen-bond donors (Lipinski definition) is 0. The van der Waals surface area contributed by atoms with Crippen molar-refractivity contribution >= 4 is 20.1 Å². The van der Waals surface area contributed by atoms with Gasteiger partial charge in [0, 0.05) is 14.5 Å². The summed E-state index contributed by atoms with van der Waals surface area (Å²) in [6, 6.07) is 0.991. The zero-order valence-corrected chi connectivity index (χ0v) is 10.7. The Hall–Kier alpha value is -0.933. The fourth-order valence-electron chi connectivity index (χ4n) is 0.891. The van der Waals surface area contributed by atoms with Crippen molar-refractivity contribution in [1.29, 1.82) is 0 Å². The summed E-state index contributed by atoms with van der Waals surface area (Å²) in [5.74, 6) is -0.200. The van der Waals surface area contributed by atoms with Crippen molar-refractivity contribution in [2.24, 2.45) is 4.99 Å². The van der Waals surface area contributed by atoms with Gasteiger partial charge < -0.3 is 4.74 Å². The fraction of sp³-hybridized carbons (Fsp3) is 0.800. The molecule has 0 amide bonds. The van der Waals surface area contributed by atoms with E-state index in [1.165, 1.54) is 6.08 Å². The third-order valence-corrected chi connectivity index (χ3v) is 3.53. The monoisotopic (exact) mass is 229 g/mol. The van der Waals surface area contributed by atoms with E-state index in [1.807, 2.05) is 0 Å². The van der Waals surface area contributed by atoms with Gasteiger partial charge in [0.2, 0.25) is 6.08 Å². The van der Waals surface area contributed by atoms with E-state index in [2.05, 4.69) is 24.6 Å². The lowest BCUT2D eigenvalue weighted by atomic mass is 10.3. The molecule has 0 spiro atoms. The Labute approximate surface area is 91.7 Å². The Morgan fingerprint density at radius 2 is 2.07 bits per heavy atom. The molecule has 0 saturated heterocycles. The minimum absolute atomic E-state index is 0.200. The first kappa shape index (κ1) is 14.1. The SMILES string of the molecule is C[Si](C)(C)CCOC(=O)CCCN=C=O. The summed E-state index contributed by atoms with van der Waals surface area (Å²) in [6.45, 7) is 7.58. The highest BCUT2D eigenvalue weighted by Crippen LogP contribution is 2.08. The molecule has 0 rings (SSSR count). The average molecular weight is 229 g/mol. The largest absolute Gasteiger partial charge is 0.466 e. The van der Waals surface area contributed by atoms with Gasteiger partial charge in [-0.1, -0.05) is 19.6 Å². The molecular weight excluding hydrogens is 210 g/mol. The van der Waals surface area contributed by atoms with Gasteiger partial charge >= 0.3 is 5.97 Å². The smallest absolute Gasteiger partial charge is 0.305 e. The highest BCUT2D eigenvalue weighted by molar-refractivity contribution is 6.76. The molecule has 86 valence electrons. The van der Waals surface area contributed by atoms with Crippen LogP contribution in [-0.2, 0) is 14.3 Å². The highest BCUT2D eigenvalue weighted by Gasteiger charge is 2.13. The highest BCUT2D eigenvalue weighted by atomic mass is 28.3. The van der Waals surface area contributed by atoms with Gasteiger partial charge in [-0.2, -0.15) is 0 Å². The molecule has 15 heavy (non-hydrogen) atoms. The van der Waals surface area contributed by atoms with Crippen LogP contribution in [0.4, 0.5) is 0 Å². The Balaban J connectivity index is 3.45. The molecular formula is C10H19NO3Si. The quantitative estimate of drug-likeness (QED) is 0.220. The van der Waals surface area contributed by atoms with Crippen molar-refractivity contribution in [2.75, 3.05) is 13.2 Å². The first-order valence-corrected chi connectivity index (χ1v) is 8.86. The molecule has 5 heteroatoms. The molecule has 0 atom stereocenters. The topological polar surface area (TPSA) is 55.7 Å². The lowest BCUT2D eigenvalue weighted by Crippen LogP contribution is -2.22. The number of isocyanates is 1. The predicted octanol–water partition coefficient (Wildman–Crippen LogP) is 1.98. The summed E-state index contributed by atoms with van der Waals surface area (Å²) in [7, 11) is -1.12. The van der Waals surface area contributed by atoms with Gasteiger partial charge in [0.25, 0.3) is 0 Å². The van der Waals surface area contributed by atoms with Gasteiger partial charge in [0.1, 0.15) is 0 Å². The molecule has 0 aromatic rings. The molecule has 0 fully saturated rings. The lowest BCUT2D eigenvalue weighted by molar-refractivity contribution is -0.143. The van der Waals surface area contributed by atoms with Crippen LogP contribution in [0.3, 0.4) is 0 Å². The van der Waals surface area contributed by atoms with E-state index in [0.29, 0.717) is 26.0 Å². The summed E-state index contributed by atoms with van der Waals surface area (Å²) in [5, 5.41) is 0. The van der Waals surface area contributed by atoms with Crippen molar-refractivity contribution in [2.45, 2.75) is 38.5 Å². The number of ether oxygens (including phenoxy) is 1. The third-order valence-electron chi connectivity index (χ3n) is 1.83. The Bertz CT molecular complexity index is 242. The molecule has 0 aliphatic heterocycles. The summed E-state index contributed by atoms with van der Waals surface area (Å²) in [4.78, 5) is 24.2. The van der Waals surface area contributed by atoms with Crippen LogP contribution in [0.1, 0.15) is 12.8 Å². The van der Waals surface area contributed by atoms with Crippen molar-refractivity contribution in [3.63, 3.8) is 0 Å². The van der Waals surface area contributed by atoms with Crippen LogP contribution < -0.4 is 0 Å². The van der Waals surface area contributed by atoms with Gasteiger partial charge in [-0.3, -0.25) is 4.79 Å². The molecule has 0 aromatic heterocycles. The third kappa shape index (κ3) is 11.0. The Kier molecular flexibility index (Phi) is 6.91. The molecule has 0 heterocycles. The van der Waals surface area contributed by atoms with Crippen molar-refractivity contribution in [1.82, 2.24) is 0 Å². The van der Waals surface area contributed by atoms with E-state index in [0.717, 1.165) is 6.04 Å². The fourth-order valence-corrected chi connectivity index (χ4v) is 1.61. The summed E-state index contributed by atoms with van der Waals surface area (Å²) >= 11 is 0. The van der Waals surface area contributed by atoms with Crippen LogP contribution in [0, 0.1) is 0 Å². The number of esters is 1. The molecule has 0 saturated carbocycles. The van der Waals surface area contributed by atoms with Crippen molar-refractivity contribution < 1.29 is 14.3 Å². The first-order chi connectivity index (χ1) is 6.95. The zero-order valence-electron chi connectivity index (χ0n) is 9.71. The molecule has 0 bridgehead atoms. The minimum atomic E-state index is -1.12. The summed E-state index contributed by atoms with van der Waals surface area (Å²) in [6.07, 6.45) is 2.32. The molecule has 0 aromatic carbocycles. The minimum Gasteiger partial charge on any atom is -0.466 e. The maximum absolute atomic E-state index is 11.1. The molecule has 0 N–H and O–H groups in total. The van der Waals surface area contributed by atoms with Gasteiger partial charge in [-0.05, 0) is 12.5 Å². The van der Waals surface area contributed by atoms with Crippen molar-refractivity contribution in [3.8, 4) is 0 Å². The van der Waals surface area contributed by atoms with Crippen molar-refractivity contribution in [3.05, 3.63) is 0 Å². The van der Waals surface area contributed by atoms with E-state index in [1.54, 1.807) is 0 Å². The second-order valence-electron chi connectivity index (χ2n) is 4.61. The van der Waals surface area contributed by atoms with Gasteiger partial charge in [-0.25, -0.2) is 9.79 Å². The molecule has 0 radical (unpaired) electrons. The molecule has 0 unspecified atom stereocenters. The lowest BCUT2D eigenvalue weighted by Gasteiger charge is -2.15. The average Bonchev–Trinajstić information content (AvgIpc) is 2.10. The second kappa shape index (κ2) is 7.37. The van der Waals surface area contributed by atoms with Crippen LogP contribution >= 0.6 is 0 Å². The van der Waals surface area contributed by atoms with E-state index in [-0.39, 0.29) is 5.97 Å². The van der Waals surface area contributed by atoms with Gasteiger partial charge in [0.15, 0.2) is 0 Å². The number of carbonyl (C=O) groups is 1. The Morgan fingerprint density at radius 3 is 2.60 bits per heavy atom. The number of nitrogens with zero attached hydrogens (tertiary/aromatic N) is 1. The van der Waals surface area contributed by atoms with Gasteiger partial charge in [-0.15, -0.1) is 0 Å². The van der Waals surface area contributed by atoms with Crippen LogP contribution in [0.5, 0.6) is 0 Å². The van der Waals surface area contributed by atoms with E-state index in [4.69, 9.17) is 4.74 Å². The maximum atomic E-state index is 11.1. The van der Waals surface area contributed by atoms with Gasteiger partial charge in [0.05, 0.1) is 13.2 Å². The summed E-state index contributed by atoms with van der Waals surface area (Å²) in [5.41, 5.74) is 0. The molecule has 0 aliphatic rings. The second-order valence-corrected chi connectivity index (χ2v) is 10.2.